The number of Topliss-reactive ketones (excluding diaryl/α,β-unsaturated/α-hetero) is 2. The van der Waals surface area contributed by atoms with Gasteiger partial charge >= 0.3 is 0 Å². The Bertz CT molecular complexity index is 929. The van der Waals surface area contributed by atoms with Crippen LogP contribution in [0, 0.1) is 5.82 Å². The summed E-state index contributed by atoms with van der Waals surface area (Å²) < 4.78 is 13.0. The quantitative estimate of drug-likeness (QED) is 0.646. The van der Waals surface area contributed by atoms with Gasteiger partial charge in [0.05, 0.1) is 5.69 Å². The largest absolute Gasteiger partial charge is 0.285 e. The first-order valence-corrected chi connectivity index (χ1v) is 6.57. The van der Waals surface area contributed by atoms with E-state index in [0.717, 1.165) is 0 Å². The summed E-state index contributed by atoms with van der Waals surface area (Å²) in [6, 6.07) is 12.3. The van der Waals surface area contributed by atoms with Gasteiger partial charge in [-0.15, -0.1) is 10.2 Å². The monoisotopic (exact) mass is 293 g/mol. The second-order valence-corrected chi connectivity index (χ2v) is 4.87. The van der Waals surface area contributed by atoms with Crippen LogP contribution < -0.4 is 0 Å². The molecule has 0 unspecified atom stereocenters. The van der Waals surface area contributed by atoms with Crippen molar-refractivity contribution in [1.29, 1.82) is 0 Å². The van der Waals surface area contributed by atoms with Crippen molar-refractivity contribution >= 4 is 11.6 Å². The fourth-order valence-electron chi connectivity index (χ4n) is 2.45. The average Bonchev–Trinajstić information content (AvgIpc) is 2.99. The normalized spacial score (nSPS) is 13.0. The summed E-state index contributed by atoms with van der Waals surface area (Å²) >= 11 is 0. The highest BCUT2D eigenvalue weighted by molar-refractivity contribution is 6.52. The zero-order chi connectivity index (χ0) is 15.3. The molecule has 0 bridgehead atoms. The number of hydrogen-bond acceptors (Lipinski definition) is 4. The molecule has 0 spiro atoms. The summed E-state index contributed by atoms with van der Waals surface area (Å²) in [6.45, 7) is 0. The van der Waals surface area contributed by atoms with Gasteiger partial charge in [0.1, 0.15) is 11.5 Å². The molecule has 3 aromatic rings. The number of nitrogens with zero attached hydrogens (tertiary/aromatic N) is 3. The Labute approximate surface area is 124 Å². The maximum Gasteiger partial charge on any atom is 0.256 e. The van der Waals surface area contributed by atoms with Crippen molar-refractivity contribution in [3.05, 3.63) is 65.6 Å². The van der Waals surface area contributed by atoms with Crippen LogP contribution in [0.15, 0.2) is 48.5 Å². The van der Waals surface area contributed by atoms with Gasteiger partial charge in [-0.25, -0.2) is 4.39 Å². The van der Waals surface area contributed by atoms with Gasteiger partial charge in [0.25, 0.3) is 5.78 Å². The molecule has 4 rings (SSSR count). The highest BCUT2D eigenvalue weighted by Gasteiger charge is 2.34. The van der Waals surface area contributed by atoms with Crippen LogP contribution in [0.3, 0.4) is 0 Å². The van der Waals surface area contributed by atoms with Crippen LogP contribution in [-0.2, 0) is 0 Å². The zero-order valence-corrected chi connectivity index (χ0v) is 11.2. The maximum atomic E-state index is 13.0. The van der Waals surface area contributed by atoms with E-state index in [4.69, 9.17) is 0 Å². The van der Waals surface area contributed by atoms with Crippen LogP contribution >= 0.6 is 0 Å². The van der Waals surface area contributed by atoms with E-state index >= 15 is 0 Å². The second-order valence-electron chi connectivity index (χ2n) is 4.87. The van der Waals surface area contributed by atoms with Crippen molar-refractivity contribution in [3.8, 4) is 16.9 Å². The minimum absolute atomic E-state index is 0.0213. The first kappa shape index (κ1) is 12.6. The summed E-state index contributed by atoms with van der Waals surface area (Å²) in [6.07, 6.45) is 0. The van der Waals surface area contributed by atoms with Gasteiger partial charge in [0, 0.05) is 11.1 Å². The average molecular weight is 293 g/mol. The third-order valence-corrected chi connectivity index (χ3v) is 3.52. The molecule has 0 saturated carbocycles. The summed E-state index contributed by atoms with van der Waals surface area (Å²) in [5.74, 6) is -1.64. The minimum Gasteiger partial charge on any atom is -0.285 e. The minimum atomic E-state index is -0.679. The van der Waals surface area contributed by atoms with Crippen LogP contribution in [0.5, 0.6) is 0 Å². The molecule has 0 amide bonds. The first-order valence-electron chi connectivity index (χ1n) is 6.57. The molecule has 1 aliphatic rings. The van der Waals surface area contributed by atoms with E-state index < -0.39 is 11.6 Å². The molecule has 5 nitrogen and oxygen atoms in total. The Morgan fingerprint density at radius 1 is 0.773 bits per heavy atom. The summed E-state index contributed by atoms with van der Waals surface area (Å²) in [7, 11) is 0. The molecule has 1 heterocycles. The van der Waals surface area contributed by atoms with Gasteiger partial charge in [-0.1, -0.05) is 24.3 Å². The fourth-order valence-corrected chi connectivity index (χ4v) is 2.45. The lowest BCUT2D eigenvalue weighted by Gasteiger charge is -2.10. The Kier molecular flexibility index (Phi) is 2.53. The molecule has 6 heteroatoms. The maximum absolute atomic E-state index is 13.0. The summed E-state index contributed by atoms with van der Waals surface area (Å²) in [5.41, 5.74) is 1.80. The molecule has 1 aliphatic carbocycles. The number of carbonyl (C=O) groups is 2. The molecule has 1 aromatic heterocycles. The van der Waals surface area contributed by atoms with E-state index in [1.165, 1.54) is 29.1 Å². The lowest BCUT2D eigenvalue weighted by Crippen LogP contribution is -2.21. The highest BCUT2D eigenvalue weighted by atomic mass is 19.1. The van der Waals surface area contributed by atoms with Crippen molar-refractivity contribution in [2.75, 3.05) is 0 Å². The lowest BCUT2D eigenvalue weighted by atomic mass is 9.90. The number of rotatable bonds is 1. The van der Waals surface area contributed by atoms with E-state index in [0.29, 0.717) is 22.5 Å². The van der Waals surface area contributed by atoms with Gasteiger partial charge in [-0.05, 0) is 24.3 Å². The zero-order valence-electron chi connectivity index (χ0n) is 11.2. The smallest absolute Gasteiger partial charge is 0.256 e. The predicted octanol–water partition coefficient (Wildman–Crippen LogP) is 2.45. The number of hydrogen-bond donors (Lipinski definition) is 0. The van der Waals surface area contributed by atoms with Crippen LogP contribution in [0.4, 0.5) is 4.39 Å². The van der Waals surface area contributed by atoms with Crippen LogP contribution in [0.1, 0.15) is 20.8 Å². The fraction of sp³-hybridized carbons (Fsp3) is 0. The van der Waals surface area contributed by atoms with Crippen molar-refractivity contribution in [2.24, 2.45) is 0 Å². The summed E-state index contributed by atoms with van der Waals surface area (Å²) in [4.78, 5) is 25.5. The standard InChI is InChI=1S/C16H8FN3O2/c17-9-5-7-10(8-6-9)20-18-13-11-3-1-2-4-12(11)15(21)16(22)14(13)19-20/h1-8H. The van der Waals surface area contributed by atoms with Crippen molar-refractivity contribution in [3.63, 3.8) is 0 Å². The van der Waals surface area contributed by atoms with Crippen LogP contribution in [0.25, 0.3) is 16.9 Å². The number of carbonyl (C=O) groups excluding carboxylic acids is 2. The Balaban J connectivity index is 1.93. The van der Waals surface area contributed by atoms with Gasteiger partial charge in [-0.2, -0.15) is 4.80 Å². The summed E-state index contributed by atoms with van der Waals surface area (Å²) in [5, 5.41) is 8.38. The highest BCUT2D eigenvalue weighted by Crippen LogP contribution is 2.31. The topological polar surface area (TPSA) is 64.8 Å². The number of benzene rings is 2. The molecule has 0 atom stereocenters. The predicted molar refractivity (Wildman–Crippen MR) is 75.4 cm³/mol. The number of halogens is 1. The molecule has 106 valence electrons. The number of ketones is 2. The molecule has 0 N–H and O–H groups in total. The lowest BCUT2D eigenvalue weighted by molar-refractivity contribution is 0.0812. The molecular formula is C16H8FN3O2. The first-order chi connectivity index (χ1) is 10.6. The Hall–Kier alpha value is -3.15. The molecule has 2 aromatic carbocycles. The molecule has 0 saturated heterocycles. The molecular weight excluding hydrogens is 285 g/mol. The van der Waals surface area contributed by atoms with E-state index in [9.17, 15) is 14.0 Å². The van der Waals surface area contributed by atoms with Gasteiger partial charge < -0.3 is 0 Å². The Morgan fingerprint density at radius 2 is 1.41 bits per heavy atom. The van der Waals surface area contributed by atoms with Gasteiger partial charge in [0.2, 0.25) is 5.78 Å². The van der Waals surface area contributed by atoms with Gasteiger partial charge in [-0.3, -0.25) is 9.59 Å². The van der Waals surface area contributed by atoms with Crippen molar-refractivity contribution in [1.82, 2.24) is 15.0 Å². The third kappa shape index (κ3) is 1.70. The molecule has 22 heavy (non-hydrogen) atoms. The van der Waals surface area contributed by atoms with Crippen molar-refractivity contribution < 1.29 is 14.0 Å². The Morgan fingerprint density at radius 3 is 2.14 bits per heavy atom. The van der Waals surface area contributed by atoms with Crippen LogP contribution in [0.2, 0.25) is 0 Å². The molecule has 0 radical (unpaired) electrons. The number of aromatic nitrogens is 3. The van der Waals surface area contributed by atoms with Crippen LogP contribution in [-0.4, -0.2) is 26.6 Å². The third-order valence-electron chi connectivity index (χ3n) is 3.52. The van der Waals surface area contributed by atoms with Crippen molar-refractivity contribution in [2.45, 2.75) is 0 Å². The van der Waals surface area contributed by atoms with E-state index in [2.05, 4.69) is 10.2 Å². The van der Waals surface area contributed by atoms with Gasteiger partial charge in [0.15, 0.2) is 5.69 Å². The molecule has 0 fully saturated rings. The van der Waals surface area contributed by atoms with E-state index in [1.807, 2.05) is 0 Å². The number of fused-ring (bicyclic) bond motifs is 3. The second kappa shape index (κ2) is 4.42. The molecule has 0 aliphatic heterocycles. The van der Waals surface area contributed by atoms with E-state index in [1.54, 1.807) is 24.3 Å². The van der Waals surface area contributed by atoms with E-state index in [-0.39, 0.29) is 11.5 Å². The SMILES string of the molecule is O=C1C(=O)c2nn(-c3ccc(F)cc3)nc2-c2ccccc21.